The molecule has 0 aliphatic heterocycles. The third-order valence-electron chi connectivity index (χ3n) is 5.79. The van der Waals surface area contributed by atoms with E-state index in [0.29, 0.717) is 0 Å². The molecule has 0 atom stereocenters. The molecule has 0 fully saturated rings. The molecule has 6 aromatic carbocycles. The number of hydrogen-bond donors (Lipinski definition) is 0. The van der Waals surface area contributed by atoms with E-state index in [1.54, 1.807) is 0 Å². The van der Waals surface area contributed by atoms with E-state index in [4.69, 9.17) is 0 Å². The molecule has 0 N–H and O–H groups in total. The molecule has 144 valence electrons. The lowest BCUT2D eigenvalue weighted by atomic mass is 9.86. The maximum absolute atomic E-state index is 2.31. The summed E-state index contributed by atoms with van der Waals surface area (Å²) in [5, 5.41) is 10.4. The molecule has 30 heavy (non-hydrogen) atoms. The van der Waals surface area contributed by atoms with Crippen LogP contribution >= 0.6 is 0 Å². The molecule has 0 bridgehead atoms. The minimum Gasteiger partial charge on any atom is -0.0683 e. The van der Waals surface area contributed by atoms with Gasteiger partial charge >= 0.3 is 0 Å². The lowest BCUT2D eigenvalue weighted by Crippen LogP contribution is -1.89. The second-order valence-electron chi connectivity index (χ2n) is 7.39. The molecule has 0 aromatic heterocycles. The van der Waals surface area contributed by atoms with Crippen molar-refractivity contribution in [1.82, 2.24) is 0 Å². The van der Waals surface area contributed by atoms with Gasteiger partial charge in [-0.2, -0.15) is 0 Å². The molecule has 0 amide bonds. The fraction of sp³-hybridized carbons (Fsp3) is 0.0667. The highest BCUT2D eigenvalue weighted by Crippen LogP contribution is 2.43. The highest BCUT2D eigenvalue weighted by atomic mass is 14.2. The van der Waals surface area contributed by atoms with Crippen molar-refractivity contribution in [3.05, 3.63) is 109 Å². The molecule has 0 spiro atoms. The summed E-state index contributed by atoms with van der Waals surface area (Å²) in [5.41, 5.74) is 2.67. The topological polar surface area (TPSA) is 0 Å². The van der Waals surface area contributed by atoms with Crippen LogP contribution in [-0.4, -0.2) is 0 Å². The van der Waals surface area contributed by atoms with Crippen LogP contribution in [0.15, 0.2) is 109 Å². The van der Waals surface area contributed by atoms with Crippen molar-refractivity contribution in [1.29, 1.82) is 0 Å². The van der Waals surface area contributed by atoms with Crippen LogP contribution in [0.4, 0.5) is 0 Å². The first-order chi connectivity index (χ1) is 14.9. The predicted octanol–water partition coefficient (Wildman–Crippen LogP) is 8.99. The van der Waals surface area contributed by atoms with Crippen LogP contribution in [0, 0.1) is 0 Å². The zero-order valence-corrected chi connectivity index (χ0v) is 17.4. The van der Waals surface area contributed by atoms with Crippen LogP contribution in [0.25, 0.3) is 54.2 Å². The molecule has 0 saturated carbocycles. The summed E-state index contributed by atoms with van der Waals surface area (Å²) in [6.45, 7) is 4.00. The minimum absolute atomic E-state index is 1.29. The molecule has 6 aromatic rings. The van der Waals surface area contributed by atoms with Crippen molar-refractivity contribution >= 4 is 43.1 Å². The predicted molar refractivity (Wildman–Crippen MR) is 133 cm³/mol. The Balaban J connectivity index is 0.000000937. The SMILES string of the molecule is CC.c1ccc2c(-c3c4ccccc4cc4ccccc34)c3ccccc3cc2c1. The smallest absolute Gasteiger partial charge is 0.00143 e. The Labute approximate surface area is 177 Å². The van der Waals surface area contributed by atoms with Gasteiger partial charge in [-0.3, -0.25) is 0 Å². The molecular weight excluding hydrogens is 360 g/mol. The summed E-state index contributed by atoms with van der Waals surface area (Å²) in [7, 11) is 0. The second kappa shape index (κ2) is 7.65. The Bertz CT molecular complexity index is 1280. The molecule has 0 heterocycles. The van der Waals surface area contributed by atoms with Crippen molar-refractivity contribution in [2.45, 2.75) is 13.8 Å². The van der Waals surface area contributed by atoms with E-state index in [1.165, 1.54) is 54.2 Å². The van der Waals surface area contributed by atoms with Gasteiger partial charge in [-0.25, -0.2) is 0 Å². The first-order valence-electron chi connectivity index (χ1n) is 10.7. The molecule has 0 aliphatic carbocycles. The van der Waals surface area contributed by atoms with Crippen LogP contribution in [-0.2, 0) is 0 Å². The number of fused-ring (bicyclic) bond motifs is 4. The molecule has 0 radical (unpaired) electrons. The molecule has 0 unspecified atom stereocenters. The van der Waals surface area contributed by atoms with Gasteiger partial charge in [0.25, 0.3) is 0 Å². The van der Waals surface area contributed by atoms with Gasteiger partial charge in [-0.05, 0) is 66.3 Å². The fourth-order valence-electron chi connectivity index (χ4n) is 4.57. The lowest BCUT2D eigenvalue weighted by Gasteiger charge is -2.17. The summed E-state index contributed by atoms with van der Waals surface area (Å²) < 4.78 is 0. The van der Waals surface area contributed by atoms with Gasteiger partial charge < -0.3 is 0 Å². The molecule has 0 nitrogen and oxygen atoms in total. The molecule has 6 rings (SSSR count). The number of hydrogen-bond acceptors (Lipinski definition) is 0. The van der Waals surface area contributed by atoms with Crippen molar-refractivity contribution in [3.8, 4) is 11.1 Å². The van der Waals surface area contributed by atoms with Gasteiger partial charge in [0.15, 0.2) is 0 Å². The average molecular weight is 385 g/mol. The second-order valence-corrected chi connectivity index (χ2v) is 7.39. The standard InChI is InChI=1S/C28H18.C2H6/c1-5-13-23-19(9-1)17-20-10-2-6-14-24(20)27(23)28-25-15-7-3-11-21(25)18-22-12-4-8-16-26(22)28;1-2/h1-18H;1-2H3. The van der Waals surface area contributed by atoms with E-state index in [2.05, 4.69) is 109 Å². The highest BCUT2D eigenvalue weighted by molar-refractivity contribution is 6.23. The van der Waals surface area contributed by atoms with Crippen LogP contribution < -0.4 is 0 Å². The van der Waals surface area contributed by atoms with E-state index in [0.717, 1.165) is 0 Å². The van der Waals surface area contributed by atoms with Gasteiger partial charge in [0.1, 0.15) is 0 Å². The van der Waals surface area contributed by atoms with Gasteiger partial charge in [-0.1, -0.05) is 111 Å². The Morgan fingerprint density at radius 2 is 0.567 bits per heavy atom. The molecular formula is C30H24. The molecule has 0 heteroatoms. The van der Waals surface area contributed by atoms with Crippen molar-refractivity contribution in [2.75, 3.05) is 0 Å². The monoisotopic (exact) mass is 384 g/mol. The van der Waals surface area contributed by atoms with Crippen molar-refractivity contribution in [2.24, 2.45) is 0 Å². The van der Waals surface area contributed by atoms with Crippen LogP contribution in [0.1, 0.15) is 13.8 Å². The Morgan fingerprint density at radius 3 is 0.833 bits per heavy atom. The summed E-state index contributed by atoms with van der Waals surface area (Å²) >= 11 is 0. The van der Waals surface area contributed by atoms with Crippen LogP contribution in [0.3, 0.4) is 0 Å². The Morgan fingerprint density at radius 1 is 0.333 bits per heavy atom. The quantitative estimate of drug-likeness (QED) is 0.248. The zero-order chi connectivity index (χ0) is 20.5. The molecule has 0 aliphatic rings. The normalized spacial score (nSPS) is 11.0. The van der Waals surface area contributed by atoms with Crippen molar-refractivity contribution in [3.63, 3.8) is 0 Å². The first-order valence-corrected chi connectivity index (χ1v) is 10.7. The third kappa shape index (κ3) is 2.84. The van der Waals surface area contributed by atoms with E-state index in [1.807, 2.05) is 13.8 Å². The van der Waals surface area contributed by atoms with E-state index >= 15 is 0 Å². The summed E-state index contributed by atoms with van der Waals surface area (Å²) in [5.74, 6) is 0. The first kappa shape index (κ1) is 18.4. The maximum Gasteiger partial charge on any atom is -0.00143 e. The van der Waals surface area contributed by atoms with Gasteiger partial charge in [0, 0.05) is 0 Å². The largest absolute Gasteiger partial charge is 0.0683 e. The van der Waals surface area contributed by atoms with Gasteiger partial charge in [0.2, 0.25) is 0 Å². The van der Waals surface area contributed by atoms with Crippen LogP contribution in [0.5, 0.6) is 0 Å². The number of benzene rings is 6. The Hall–Kier alpha value is -3.64. The summed E-state index contributed by atoms with van der Waals surface area (Å²) in [4.78, 5) is 0. The Kier molecular flexibility index (Phi) is 4.69. The van der Waals surface area contributed by atoms with Gasteiger partial charge in [-0.15, -0.1) is 0 Å². The van der Waals surface area contributed by atoms with E-state index in [-0.39, 0.29) is 0 Å². The maximum atomic E-state index is 2.31. The van der Waals surface area contributed by atoms with Crippen molar-refractivity contribution < 1.29 is 0 Å². The zero-order valence-electron chi connectivity index (χ0n) is 17.4. The minimum atomic E-state index is 1.29. The highest BCUT2D eigenvalue weighted by Gasteiger charge is 2.15. The number of rotatable bonds is 1. The summed E-state index contributed by atoms with van der Waals surface area (Å²) in [6.07, 6.45) is 0. The summed E-state index contributed by atoms with van der Waals surface area (Å²) in [6, 6.07) is 39.6. The van der Waals surface area contributed by atoms with E-state index in [9.17, 15) is 0 Å². The molecule has 0 saturated heterocycles. The van der Waals surface area contributed by atoms with Crippen LogP contribution in [0.2, 0.25) is 0 Å². The fourth-order valence-corrected chi connectivity index (χ4v) is 4.57. The lowest BCUT2D eigenvalue weighted by molar-refractivity contribution is 1.50. The average Bonchev–Trinajstić information content (AvgIpc) is 2.82. The van der Waals surface area contributed by atoms with Gasteiger partial charge in [0.05, 0.1) is 0 Å². The van der Waals surface area contributed by atoms with E-state index < -0.39 is 0 Å². The third-order valence-corrected chi connectivity index (χ3v) is 5.79.